The van der Waals surface area contributed by atoms with Gasteiger partial charge in [0.15, 0.2) is 0 Å². The van der Waals surface area contributed by atoms with Gasteiger partial charge in [0.2, 0.25) is 0 Å². The Bertz CT molecular complexity index is 767. The van der Waals surface area contributed by atoms with E-state index >= 15 is 0 Å². The summed E-state index contributed by atoms with van der Waals surface area (Å²) in [5.41, 5.74) is 6.07. The topological polar surface area (TPSA) is 92.3 Å². The Balaban J connectivity index is 1.80. The number of nitrogens with two attached hydrogens (primary N) is 1. The molecule has 1 amide bonds. The first-order valence-electron chi connectivity index (χ1n) is 6.95. The first kappa shape index (κ1) is 14.9. The SMILES string of the molecule is Cc1ccc([C@@H]2CN(C(=O)c3c[nH]c(=O)c(Cl)c3)C[C@H]2N)o1. The van der Waals surface area contributed by atoms with Crippen molar-refractivity contribution in [1.29, 1.82) is 0 Å². The maximum Gasteiger partial charge on any atom is 0.266 e. The van der Waals surface area contributed by atoms with Crippen molar-refractivity contribution in [2.75, 3.05) is 13.1 Å². The van der Waals surface area contributed by atoms with E-state index < -0.39 is 5.56 Å². The number of likely N-dealkylation sites (tertiary alicyclic amines) is 1. The molecule has 2 aromatic heterocycles. The lowest BCUT2D eigenvalue weighted by molar-refractivity contribution is 0.0788. The number of aryl methyl sites for hydroxylation is 1. The van der Waals surface area contributed by atoms with E-state index in [0.29, 0.717) is 18.7 Å². The number of hydrogen-bond acceptors (Lipinski definition) is 4. The number of furan rings is 1. The predicted octanol–water partition coefficient (Wildman–Crippen LogP) is 1.50. The second kappa shape index (κ2) is 5.62. The summed E-state index contributed by atoms with van der Waals surface area (Å²) < 4.78 is 5.62. The summed E-state index contributed by atoms with van der Waals surface area (Å²) in [5.74, 6) is 1.37. The minimum Gasteiger partial charge on any atom is -0.466 e. The first-order chi connectivity index (χ1) is 10.5. The molecule has 1 aliphatic heterocycles. The van der Waals surface area contributed by atoms with Crippen molar-refractivity contribution in [3.63, 3.8) is 0 Å². The lowest BCUT2D eigenvalue weighted by Crippen LogP contribution is -2.32. The monoisotopic (exact) mass is 321 g/mol. The Kier molecular flexibility index (Phi) is 3.80. The molecular formula is C15H16ClN3O3. The molecular weight excluding hydrogens is 306 g/mol. The molecule has 3 heterocycles. The molecule has 2 atom stereocenters. The molecule has 0 radical (unpaired) electrons. The Morgan fingerprint density at radius 3 is 2.86 bits per heavy atom. The average Bonchev–Trinajstić information content (AvgIpc) is 3.07. The number of carbonyl (C=O) groups is 1. The first-order valence-corrected chi connectivity index (χ1v) is 7.33. The smallest absolute Gasteiger partial charge is 0.266 e. The van der Waals surface area contributed by atoms with Crippen LogP contribution in [0.5, 0.6) is 0 Å². The molecule has 0 aromatic carbocycles. The number of hydrogen-bond donors (Lipinski definition) is 2. The van der Waals surface area contributed by atoms with Gasteiger partial charge in [-0.2, -0.15) is 0 Å². The summed E-state index contributed by atoms with van der Waals surface area (Å²) in [7, 11) is 0. The predicted molar refractivity (Wildman–Crippen MR) is 82.1 cm³/mol. The van der Waals surface area contributed by atoms with Gasteiger partial charge < -0.3 is 20.0 Å². The molecule has 3 N–H and O–H groups in total. The second-order valence-electron chi connectivity index (χ2n) is 5.49. The molecule has 0 bridgehead atoms. The lowest BCUT2D eigenvalue weighted by Gasteiger charge is -2.15. The number of rotatable bonds is 2. The van der Waals surface area contributed by atoms with Crippen molar-refractivity contribution in [2.24, 2.45) is 5.73 Å². The largest absolute Gasteiger partial charge is 0.466 e. The maximum atomic E-state index is 12.5. The highest BCUT2D eigenvalue weighted by atomic mass is 35.5. The fourth-order valence-electron chi connectivity index (χ4n) is 2.71. The molecule has 1 saturated heterocycles. The quantitative estimate of drug-likeness (QED) is 0.876. The van der Waals surface area contributed by atoms with Gasteiger partial charge in [-0.25, -0.2) is 0 Å². The summed E-state index contributed by atoms with van der Waals surface area (Å²) in [5, 5.41) is -0.00689. The number of H-pyrrole nitrogens is 1. The molecule has 0 spiro atoms. The molecule has 0 saturated carbocycles. The lowest BCUT2D eigenvalue weighted by atomic mass is 10.0. The summed E-state index contributed by atoms with van der Waals surface area (Å²) in [6, 6.07) is 4.96. The Morgan fingerprint density at radius 1 is 1.45 bits per heavy atom. The normalized spacial score (nSPS) is 21.3. The zero-order valence-electron chi connectivity index (χ0n) is 12.0. The van der Waals surface area contributed by atoms with E-state index in [9.17, 15) is 9.59 Å². The highest BCUT2D eigenvalue weighted by molar-refractivity contribution is 6.30. The van der Waals surface area contributed by atoms with E-state index in [1.807, 2.05) is 19.1 Å². The van der Waals surface area contributed by atoms with Gasteiger partial charge >= 0.3 is 0 Å². The summed E-state index contributed by atoms with van der Waals surface area (Å²) in [4.78, 5) is 27.9. The van der Waals surface area contributed by atoms with E-state index in [2.05, 4.69) is 4.98 Å². The highest BCUT2D eigenvalue weighted by Gasteiger charge is 2.36. The molecule has 116 valence electrons. The molecule has 3 rings (SSSR count). The van der Waals surface area contributed by atoms with Gasteiger partial charge in [0.1, 0.15) is 16.5 Å². The van der Waals surface area contributed by atoms with Gasteiger partial charge in [-0.15, -0.1) is 0 Å². The number of amides is 1. The number of nitrogens with one attached hydrogen (secondary N) is 1. The van der Waals surface area contributed by atoms with Crippen LogP contribution in [0.3, 0.4) is 0 Å². The summed E-state index contributed by atoms with van der Waals surface area (Å²) in [6.45, 7) is 2.78. The molecule has 7 heteroatoms. The van der Waals surface area contributed by atoms with Crippen LogP contribution >= 0.6 is 11.6 Å². The fourth-order valence-corrected chi connectivity index (χ4v) is 2.88. The molecule has 0 aliphatic carbocycles. The van der Waals surface area contributed by atoms with Crippen LogP contribution in [0.1, 0.15) is 27.8 Å². The third kappa shape index (κ3) is 2.67. The summed E-state index contributed by atoms with van der Waals surface area (Å²) in [6.07, 6.45) is 1.37. The van der Waals surface area contributed by atoms with E-state index in [4.69, 9.17) is 21.8 Å². The number of aromatic nitrogens is 1. The van der Waals surface area contributed by atoms with Gasteiger partial charge in [-0.05, 0) is 25.1 Å². The van der Waals surface area contributed by atoms with Gasteiger partial charge in [0.05, 0.1) is 11.5 Å². The van der Waals surface area contributed by atoms with Crippen molar-refractivity contribution in [3.8, 4) is 0 Å². The van der Waals surface area contributed by atoms with Crippen molar-refractivity contribution in [2.45, 2.75) is 18.9 Å². The Labute approximate surface area is 131 Å². The van der Waals surface area contributed by atoms with Crippen LogP contribution in [0, 0.1) is 6.92 Å². The van der Waals surface area contributed by atoms with E-state index in [1.54, 1.807) is 4.90 Å². The minimum absolute atomic E-state index is 0.00689. The number of carbonyl (C=O) groups excluding carboxylic acids is 1. The van der Waals surface area contributed by atoms with E-state index in [0.717, 1.165) is 11.5 Å². The van der Waals surface area contributed by atoms with Crippen molar-refractivity contribution < 1.29 is 9.21 Å². The fraction of sp³-hybridized carbons (Fsp3) is 0.333. The van der Waals surface area contributed by atoms with Crippen LogP contribution in [0.25, 0.3) is 0 Å². The third-order valence-corrected chi connectivity index (χ3v) is 4.16. The molecule has 0 unspecified atom stereocenters. The van der Waals surface area contributed by atoms with Gasteiger partial charge in [-0.3, -0.25) is 9.59 Å². The average molecular weight is 322 g/mol. The maximum absolute atomic E-state index is 12.5. The van der Waals surface area contributed by atoms with Crippen molar-refractivity contribution in [3.05, 3.63) is 56.9 Å². The van der Waals surface area contributed by atoms with E-state index in [-0.39, 0.29) is 22.9 Å². The third-order valence-electron chi connectivity index (χ3n) is 3.88. The molecule has 6 nitrogen and oxygen atoms in total. The van der Waals surface area contributed by atoms with Gasteiger partial charge in [0, 0.05) is 25.3 Å². The minimum atomic E-state index is -0.416. The molecule has 1 fully saturated rings. The number of pyridine rings is 1. The standard InChI is InChI=1S/C15H16ClN3O3/c1-8-2-3-13(22-8)10-6-19(7-12(10)17)15(21)9-4-11(16)14(20)18-5-9/h2-5,10,12H,6-7,17H2,1H3,(H,18,20)/t10-,12-/m1/s1. The van der Waals surface area contributed by atoms with Crippen LogP contribution < -0.4 is 11.3 Å². The van der Waals surface area contributed by atoms with Crippen LogP contribution in [0.2, 0.25) is 5.02 Å². The van der Waals surface area contributed by atoms with Crippen LogP contribution in [0.15, 0.2) is 33.6 Å². The van der Waals surface area contributed by atoms with Crippen LogP contribution in [-0.2, 0) is 0 Å². The molecule has 1 aliphatic rings. The highest BCUT2D eigenvalue weighted by Crippen LogP contribution is 2.28. The number of halogens is 1. The zero-order valence-corrected chi connectivity index (χ0v) is 12.8. The number of aromatic amines is 1. The van der Waals surface area contributed by atoms with Crippen LogP contribution in [-0.4, -0.2) is 34.9 Å². The Hall–Kier alpha value is -2.05. The van der Waals surface area contributed by atoms with Gasteiger partial charge in [0.25, 0.3) is 11.5 Å². The van der Waals surface area contributed by atoms with Crippen LogP contribution in [0.4, 0.5) is 0 Å². The molecule has 22 heavy (non-hydrogen) atoms. The number of nitrogens with zero attached hydrogens (tertiary/aromatic N) is 1. The second-order valence-corrected chi connectivity index (χ2v) is 5.90. The van der Waals surface area contributed by atoms with Crippen molar-refractivity contribution in [1.82, 2.24) is 9.88 Å². The zero-order chi connectivity index (χ0) is 15.9. The molecule has 2 aromatic rings. The Morgan fingerprint density at radius 2 is 2.23 bits per heavy atom. The van der Waals surface area contributed by atoms with Crippen molar-refractivity contribution >= 4 is 17.5 Å². The van der Waals surface area contributed by atoms with Gasteiger partial charge in [-0.1, -0.05) is 11.6 Å². The summed E-state index contributed by atoms with van der Waals surface area (Å²) >= 11 is 5.77. The van der Waals surface area contributed by atoms with E-state index in [1.165, 1.54) is 12.3 Å².